The molecule has 0 rings (SSSR count). The van der Waals surface area contributed by atoms with Crippen molar-refractivity contribution in [3.05, 3.63) is 24.4 Å². The van der Waals surface area contributed by atoms with Crippen molar-refractivity contribution >= 4 is 11.9 Å². The second kappa shape index (κ2) is 8.50. The molecule has 18 heavy (non-hydrogen) atoms. The second-order valence-electron chi connectivity index (χ2n) is 4.34. The average Bonchev–Trinajstić information content (AvgIpc) is 2.34. The number of carbonyl (C=O) groups is 2. The van der Waals surface area contributed by atoms with E-state index >= 15 is 0 Å². The quantitative estimate of drug-likeness (QED) is 0.398. The number of esters is 1. The molecule has 0 atom stereocenters. The lowest BCUT2D eigenvalue weighted by molar-refractivity contribution is -0.139. The molecular formula is C14H23NO3. The van der Waals surface area contributed by atoms with Crippen molar-refractivity contribution < 1.29 is 14.3 Å². The Morgan fingerprint density at radius 1 is 1.39 bits per heavy atom. The zero-order valence-corrected chi connectivity index (χ0v) is 11.7. The van der Waals surface area contributed by atoms with Crippen LogP contribution < -0.4 is 0 Å². The van der Waals surface area contributed by atoms with Crippen LogP contribution in [0.1, 0.15) is 40.5 Å². The van der Waals surface area contributed by atoms with Crippen molar-refractivity contribution in [2.45, 2.75) is 46.6 Å². The first-order chi connectivity index (χ1) is 8.43. The van der Waals surface area contributed by atoms with Crippen LogP contribution in [0.3, 0.4) is 0 Å². The lowest BCUT2D eigenvalue weighted by Crippen LogP contribution is -2.31. The smallest absolute Gasteiger partial charge is 0.335 e. The van der Waals surface area contributed by atoms with E-state index in [1.807, 2.05) is 20.8 Å². The molecule has 0 saturated carbocycles. The first-order valence-electron chi connectivity index (χ1n) is 6.24. The van der Waals surface area contributed by atoms with Crippen LogP contribution in [0, 0.1) is 0 Å². The minimum absolute atomic E-state index is 0.0334. The highest BCUT2D eigenvalue weighted by Gasteiger charge is 2.14. The van der Waals surface area contributed by atoms with Crippen molar-refractivity contribution in [2.75, 3.05) is 6.61 Å². The lowest BCUT2D eigenvalue weighted by Gasteiger charge is -2.21. The summed E-state index contributed by atoms with van der Waals surface area (Å²) in [6.45, 7) is 11.3. The number of carbonyl (C=O) groups excluding carboxylic acids is 2. The molecule has 4 nitrogen and oxygen atoms in total. The van der Waals surface area contributed by atoms with E-state index in [0.717, 1.165) is 12.8 Å². The number of nitrogens with zero attached hydrogens (tertiary/aromatic N) is 1. The van der Waals surface area contributed by atoms with E-state index in [0.29, 0.717) is 12.2 Å². The highest BCUT2D eigenvalue weighted by Crippen LogP contribution is 2.06. The van der Waals surface area contributed by atoms with Crippen molar-refractivity contribution in [2.24, 2.45) is 0 Å². The molecule has 0 spiro atoms. The van der Waals surface area contributed by atoms with Crippen LogP contribution in [-0.4, -0.2) is 29.4 Å². The van der Waals surface area contributed by atoms with Gasteiger partial charge in [-0.15, -0.1) is 0 Å². The molecule has 4 heteroatoms. The molecule has 0 aromatic carbocycles. The Bertz CT molecular complexity index is 332. The van der Waals surface area contributed by atoms with Gasteiger partial charge in [0.2, 0.25) is 5.91 Å². The third kappa shape index (κ3) is 5.66. The first-order valence-corrected chi connectivity index (χ1v) is 6.24. The van der Waals surface area contributed by atoms with Gasteiger partial charge < -0.3 is 9.64 Å². The van der Waals surface area contributed by atoms with Crippen molar-refractivity contribution in [3.8, 4) is 0 Å². The maximum Gasteiger partial charge on any atom is 0.335 e. The van der Waals surface area contributed by atoms with Crippen molar-refractivity contribution in [1.82, 2.24) is 4.90 Å². The molecule has 0 N–H and O–H groups in total. The fourth-order valence-electron chi connectivity index (χ4n) is 1.26. The van der Waals surface area contributed by atoms with E-state index in [1.165, 1.54) is 17.2 Å². The molecule has 0 saturated heterocycles. The van der Waals surface area contributed by atoms with Gasteiger partial charge in [-0.3, -0.25) is 4.79 Å². The minimum Gasteiger partial charge on any atom is -0.462 e. The molecule has 0 unspecified atom stereocenters. The predicted molar refractivity (Wildman–Crippen MR) is 71.8 cm³/mol. The standard InChI is InChI=1S/C14H23NO3/c1-6-8-9-18-14(17)12(5)10-15(11(3)4)13(16)7-2/h7,10-11H,2,6,8-9H2,1,3-5H3/b12-10+. The van der Waals surface area contributed by atoms with Gasteiger partial charge in [-0.25, -0.2) is 4.79 Å². The minimum atomic E-state index is -0.383. The number of unbranched alkanes of at least 4 members (excludes halogenated alkanes) is 1. The van der Waals surface area contributed by atoms with E-state index < -0.39 is 0 Å². The summed E-state index contributed by atoms with van der Waals surface area (Å²) in [4.78, 5) is 24.7. The molecule has 102 valence electrons. The fourth-order valence-corrected chi connectivity index (χ4v) is 1.26. The summed E-state index contributed by atoms with van der Waals surface area (Å²) < 4.78 is 5.07. The van der Waals surface area contributed by atoms with Crippen LogP contribution in [0.2, 0.25) is 0 Å². The zero-order chi connectivity index (χ0) is 14.1. The summed E-state index contributed by atoms with van der Waals surface area (Å²) in [5.74, 6) is -0.614. The number of amides is 1. The van der Waals surface area contributed by atoms with Crippen molar-refractivity contribution in [3.63, 3.8) is 0 Å². The summed E-state index contributed by atoms with van der Waals surface area (Å²) >= 11 is 0. The van der Waals surface area contributed by atoms with Gasteiger partial charge in [0.1, 0.15) is 0 Å². The van der Waals surface area contributed by atoms with Gasteiger partial charge >= 0.3 is 5.97 Å². The Morgan fingerprint density at radius 2 is 2.00 bits per heavy atom. The van der Waals surface area contributed by atoms with Gasteiger partial charge in [0, 0.05) is 12.2 Å². The molecule has 0 aliphatic rings. The number of rotatable bonds is 7. The highest BCUT2D eigenvalue weighted by molar-refractivity contribution is 5.91. The number of hydrogen-bond donors (Lipinski definition) is 0. The Kier molecular flexibility index (Phi) is 7.76. The molecule has 0 fully saturated rings. The normalized spacial score (nSPS) is 11.3. The maximum atomic E-state index is 11.6. The van der Waals surface area contributed by atoms with Crippen molar-refractivity contribution in [1.29, 1.82) is 0 Å². The second-order valence-corrected chi connectivity index (χ2v) is 4.34. The van der Waals surface area contributed by atoms with Gasteiger partial charge in [0.15, 0.2) is 0 Å². The Labute approximate surface area is 109 Å². The van der Waals surface area contributed by atoms with Crippen LogP contribution in [0.15, 0.2) is 24.4 Å². The molecule has 0 bridgehead atoms. The molecule has 0 radical (unpaired) electrons. The number of ether oxygens (including phenoxy) is 1. The molecule has 0 aromatic rings. The van der Waals surface area contributed by atoms with Crippen LogP contribution in [-0.2, 0) is 14.3 Å². The zero-order valence-electron chi connectivity index (χ0n) is 11.7. The SMILES string of the molecule is C=CC(=O)N(/C=C(\C)C(=O)OCCCC)C(C)C. The Morgan fingerprint density at radius 3 is 2.44 bits per heavy atom. The largest absolute Gasteiger partial charge is 0.462 e. The molecule has 0 aromatic heterocycles. The van der Waals surface area contributed by atoms with Gasteiger partial charge in [0.05, 0.1) is 12.2 Å². The summed E-state index contributed by atoms with van der Waals surface area (Å²) in [5.41, 5.74) is 0.412. The van der Waals surface area contributed by atoms with Crippen LogP contribution >= 0.6 is 0 Å². The van der Waals surface area contributed by atoms with Gasteiger partial charge in [-0.1, -0.05) is 19.9 Å². The molecule has 0 aliphatic heterocycles. The fraction of sp³-hybridized carbons (Fsp3) is 0.571. The van der Waals surface area contributed by atoms with Crippen LogP contribution in [0.5, 0.6) is 0 Å². The van der Waals surface area contributed by atoms with Gasteiger partial charge in [-0.05, 0) is 33.3 Å². The van der Waals surface area contributed by atoms with E-state index in [-0.39, 0.29) is 17.9 Å². The molecule has 0 heterocycles. The third-order valence-corrected chi connectivity index (χ3v) is 2.37. The topological polar surface area (TPSA) is 46.6 Å². The van der Waals surface area contributed by atoms with Crippen LogP contribution in [0.25, 0.3) is 0 Å². The van der Waals surface area contributed by atoms with E-state index in [4.69, 9.17) is 4.74 Å². The van der Waals surface area contributed by atoms with E-state index in [1.54, 1.807) is 6.92 Å². The Balaban J connectivity index is 4.64. The van der Waals surface area contributed by atoms with E-state index in [2.05, 4.69) is 6.58 Å². The highest BCUT2D eigenvalue weighted by atomic mass is 16.5. The average molecular weight is 253 g/mol. The Hall–Kier alpha value is -1.58. The monoisotopic (exact) mass is 253 g/mol. The third-order valence-electron chi connectivity index (χ3n) is 2.37. The number of hydrogen-bond acceptors (Lipinski definition) is 3. The summed E-state index contributed by atoms with van der Waals surface area (Å²) in [5, 5.41) is 0. The molecular weight excluding hydrogens is 230 g/mol. The maximum absolute atomic E-state index is 11.6. The molecule has 0 aliphatic carbocycles. The first kappa shape index (κ1) is 16.4. The predicted octanol–water partition coefficient (Wildman–Crippen LogP) is 2.66. The lowest BCUT2D eigenvalue weighted by atomic mass is 10.2. The van der Waals surface area contributed by atoms with Gasteiger partial charge in [0.25, 0.3) is 0 Å². The van der Waals surface area contributed by atoms with Crippen LogP contribution in [0.4, 0.5) is 0 Å². The van der Waals surface area contributed by atoms with E-state index in [9.17, 15) is 9.59 Å². The summed E-state index contributed by atoms with van der Waals surface area (Å²) in [6, 6.07) is -0.0334. The summed E-state index contributed by atoms with van der Waals surface area (Å²) in [6.07, 6.45) is 4.57. The summed E-state index contributed by atoms with van der Waals surface area (Å²) in [7, 11) is 0. The van der Waals surface area contributed by atoms with Gasteiger partial charge in [-0.2, -0.15) is 0 Å². The molecule has 1 amide bonds.